The second-order valence-electron chi connectivity index (χ2n) is 2.18. The Morgan fingerprint density at radius 1 is 1.60 bits per heavy atom. The fraction of sp³-hybridized carbons (Fsp3) is 0.333. The van der Waals surface area contributed by atoms with Crippen molar-refractivity contribution < 1.29 is 4.73 Å². The van der Waals surface area contributed by atoms with Gasteiger partial charge in [-0.2, -0.15) is 4.73 Å². The van der Waals surface area contributed by atoms with Crippen LogP contribution in [-0.2, 0) is 0 Å². The molecule has 0 bridgehead atoms. The highest BCUT2D eigenvalue weighted by molar-refractivity contribution is 4.92. The molecule has 0 spiro atoms. The lowest BCUT2D eigenvalue weighted by Gasteiger charge is -1.98. The molecule has 54 valence electrons. The van der Waals surface area contributed by atoms with Crippen LogP contribution in [0.2, 0.25) is 0 Å². The van der Waals surface area contributed by atoms with Gasteiger partial charge >= 0.3 is 5.56 Å². The Hall–Kier alpha value is -1.32. The van der Waals surface area contributed by atoms with Crippen molar-refractivity contribution >= 4 is 0 Å². The normalized spacial score (nSPS) is 9.80. The van der Waals surface area contributed by atoms with E-state index in [9.17, 15) is 10.0 Å². The van der Waals surface area contributed by atoms with Gasteiger partial charge in [-0.25, -0.2) is 0 Å². The fourth-order valence-corrected chi connectivity index (χ4v) is 0.675. The van der Waals surface area contributed by atoms with E-state index in [-0.39, 0.29) is 11.3 Å². The van der Waals surface area contributed by atoms with Crippen molar-refractivity contribution in [2.45, 2.75) is 13.8 Å². The molecule has 1 N–H and O–H groups in total. The summed E-state index contributed by atoms with van der Waals surface area (Å²) in [7, 11) is 0. The third-order valence-electron chi connectivity index (χ3n) is 1.28. The van der Waals surface area contributed by atoms with Crippen molar-refractivity contribution in [1.82, 2.24) is 4.98 Å². The molecule has 0 saturated heterocycles. The highest BCUT2D eigenvalue weighted by atomic mass is 16.5. The van der Waals surface area contributed by atoms with Crippen LogP contribution in [0.5, 0.6) is 0 Å². The summed E-state index contributed by atoms with van der Waals surface area (Å²) in [4.78, 5) is 13.3. The molecule has 0 fully saturated rings. The lowest BCUT2D eigenvalue weighted by molar-refractivity contribution is -0.614. The van der Waals surface area contributed by atoms with E-state index >= 15 is 0 Å². The standard InChI is InChI=1S/C6H8N2O2/c1-4-3-8(10)5(2)6(9)7-4/h3H,1-2H3,(H,7,9). The van der Waals surface area contributed by atoms with Crippen molar-refractivity contribution in [3.8, 4) is 0 Å². The molecule has 4 heteroatoms. The average molecular weight is 140 g/mol. The van der Waals surface area contributed by atoms with E-state index in [0.29, 0.717) is 10.4 Å². The molecule has 0 unspecified atom stereocenters. The third-order valence-corrected chi connectivity index (χ3v) is 1.28. The average Bonchev–Trinajstić information content (AvgIpc) is 1.82. The number of H-pyrrole nitrogens is 1. The van der Waals surface area contributed by atoms with Crippen LogP contribution in [0.25, 0.3) is 0 Å². The molecule has 0 aromatic carbocycles. The van der Waals surface area contributed by atoms with Crippen molar-refractivity contribution in [2.75, 3.05) is 0 Å². The largest absolute Gasteiger partial charge is 0.618 e. The van der Waals surface area contributed by atoms with Gasteiger partial charge in [0.05, 0.1) is 5.69 Å². The van der Waals surface area contributed by atoms with E-state index in [1.807, 2.05) is 0 Å². The third kappa shape index (κ3) is 1.00. The monoisotopic (exact) mass is 140 g/mol. The summed E-state index contributed by atoms with van der Waals surface area (Å²) in [6, 6.07) is 0. The van der Waals surface area contributed by atoms with Gasteiger partial charge in [0.1, 0.15) is 0 Å². The molecule has 1 aromatic heterocycles. The molecule has 10 heavy (non-hydrogen) atoms. The maximum atomic E-state index is 10.8. The fourth-order valence-electron chi connectivity index (χ4n) is 0.675. The smallest absolute Gasteiger partial charge is 0.316 e. The van der Waals surface area contributed by atoms with Crippen LogP contribution in [-0.4, -0.2) is 4.98 Å². The van der Waals surface area contributed by atoms with Gasteiger partial charge < -0.3 is 10.2 Å². The predicted molar refractivity (Wildman–Crippen MR) is 35.5 cm³/mol. The summed E-state index contributed by atoms with van der Waals surface area (Å²) >= 11 is 0. The van der Waals surface area contributed by atoms with Crippen LogP contribution >= 0.6 is 0 Å². The summed E-state index contributed by atoms with van der Waals surface area (Å²) in [5, 5.41) is 10.8. The van der Waals surface area contributed by atoms with Gasteiger partial charge in [-0.05, 0) is 6.92 Å². The first-order chi connectivity index (χ1) is 4.61. The Balaban J connectivity index is 3.46. The minimum absolute atomic E-state index is 0.172. The van der Waals surface area contributed by atoms with Gasteiger partial charge in [0.25, 0.3) is 5.69 Å². The molecule has 1 rings (SSSR count). The SMILES string of the molecule is Cc1c[n+]([O-])c(C)c(=O)[nH]1. The Kier molecular flexibility index (Phi) is 1.45. The minimum atomic E-state index is -0.324. The van der Waals surface area contributed by atoms with Gasteiger partial charge in [-0.15, -0.1) is 0 Å². The summed E-state index contributed by atoms with van der Waals surface area (Å²) in [6.07, 6.45) is 1.33. The topological polar surface area (TPSA) is 59.8 Å². The molecule has 1 heterocycles. The minimum Gasteiger partial charge on any atom is -0.618 e. The zero-order valence-corrected chi connectivity index (χ0v) is 5.84. The molecule has 4 nitrogen and oxygen atoms in total. The Morgan fingerprint density at radius 2 is 2.20 bits per heavy atom. The number of nitrogens with one attached hydrogen (secondary N) is 1. The van der Waals surface area contributed by atoms with Crippen molar-refractivity contribution in [1.29, 1.82) is 0 Å². The van der Waals surface area contributed by atoms with Crippen molar-refractivity contribution in [2.24, 2.45) is 0 Å². The molecule has 0 aliphatic carbocycles. The Labute approximate surface area is 57.7 Å². The van der Waals surface area contributed by atoms with Gasteiger partial charge in [-0.1, -0.05) is 0 Å². The second kappa shape index (κ2) is 2.13. The van der Waals surface area contributed by atoms with Crippen molar-refractivity contribution in [3.63, 3.8) is 0 Å². The Bertz CT molecular complexity index is 303. The summed E-state index contributed by atoms with van der Waals surface area (Å²) in [5.74, 6) is 0. The maximum Gasteiger partial charge on any atom is 0.316 e. The molecule has 0 saturated carbocycles. The van der Waals surface area contributed by atoms with Crippen LogP contribution in [0.15, 0.2) is 11.0 Å². The molecule has 0 radical (unpaired) electrons. The van der Waals surface area contributed by atoms with E-state index in [2.05, 4.69) is 4.98 Å². The van der Waals surface area contributed by atoms with Gasteiger partial charge in [-0.3, -0.25) is 4.79 Å². The van der Waals surface area contributed by atoms with Gasteiger partial charge in [0.2, 0.25) is 0 Å². The number of aromatic nitrogens is 2. The first kappa shape index (κ1) is 6.80. The predicted octanol–water partition coefficient (Wildman–Crippen LogP) is -0.375. The Morgan fingerprint density at radius 3 is 2.70 bits per heavy atom. The number of rotatable bonds is 0. The first-order valence-electron chi connectivity index (χ1n) is 2.91. The summed E-state index contributed by atoms with van der Waals surface area (Å²) in [6.45, 7) is 3.14. The number of hydrogen-bond acceptors (Lipinski definition) is 2. The zero-order chi connectivity index (χ0) is 7.72. The molecule has 0 aliphatic heterocycles. The van der Waals surface area contributed by atoms with E-state index < -0.39 is 0 Å². The van der Waals surface area contributed by atoms with E-state index in [4.69, 9.17) is 0 Å². The number of aryl methyl sites for hydroxylation is 1. The van der Waals surface area contributed by atoms with Crippen LogP contribution in [0.1, 0.15) is 11.4 Å². The van der Waals surface area contributed by atoms with E-state index in [0.717, 1.165) is 0 Å². The van der Waals surface area contributed by atoms with E-state index in [1.165, 1.54) is 13.1 Å². The van der Waals surface area contributed by atoms with Crippen LogP contribution in [0.3, 0.4) is 0 Å². The summed E-state index contributed by atoms with van der Waals surface area (Å²) in [5.41, 5.74) is 0.422. The lowest BCUT2D eigenvalue weighted by atomic mass is 10.4. The maximum absolute atomic E-state index is 10.8. The van der Waals surface area contributed by atoms with Crippen LogP contribution in [0.4, 0.5) is 0 Å². The van der Waals surface area contributed by atoms with E-state index in [1.54, 1.807) is 6.92 Å². The molecule has 0 amide bonds. The second-order valence-corrected chi connectivity index (χ2v) is 2.18. The van der Waals surface area contributed by atoms with Crippen molar-refractivity contribution in [3.05, 3.63) is 33.1 Å². The number of aromatic amines is 1. The number of hydrogen-bond donors (Lipinski definition) is 1. The van der Waals surface area contributed by atoms with Crippen LogP contribution < -0.4 is 10.3 Å². The molecule has 0 atom stereocenters. The molecular weight excluding hydrogens is 132 g/mol. The summed E-state index contributed by atoms with van der Waals surface area (Å²) < 4.78 is 0.564. The van der Waals surface area contributed by atoms with Gasteiger partial charge in [0.15, 0.2) is 6.20 Å². The first-order valence-corrected chi connectivity index (χ1v) is 2.91. The molecular formula is C6H8N2O2. The highest BCUT2D eigenvalue weighted by Gasteiger charge is 2.03. The van der Waals surface area contributed by atoms with Gasteiger partial charge in [0, 0.05) is 6.92 Å². The lowest BCUT2D eigenvalue weighted by Crippen LogP contribution is -2.37. The highest BCUT2D eigenvalue weighted by Crippen LogP contribution is 1.80. The molecule has 1 aromatic rings. The quantitative estimate of drug-likeness (QED) is 0.394. The zero-order valence-electron chi connectivity index (χ0n) is 5.84. The van der Waals surface area contributed by atoms with Crippen LogP contribution in [0, 0.1) is 19.1 Å². The molecule has 0 aliphatic rings. The number of nitrogens with zero attached hydrogens (tertiary/aromatic N) is 1.